The first-order valence-electron chi connectivity index (χ1n) is 5.08. The molecule has 0 aromatic rings. The van der Waals surface area contributed by atoms with Crippen molar-refractivity contribution in [3.8, 4) is 0 Å². The van der Waals surface area contributed by atoms with E-state index in [-0.39, 0.29) is 27.4 Å². The van der Waals surface area contributed by atoms with Crippen molar-refractivity contribution in [1.82, 2.24) is 4.90 Å². The summed E-state index contributed by atoms with van der Waals surface area (Å²) in [5.74, 6) is -0.154. The van der Waals surface area contributed by atoms with Crippen LogP contribution in [0.3, 0.4) is 0 Å². The monoisotopic (exact) mass is 319 g/mol. The van der Waals surface area contributed by atoms with E-state index in [1.54, 1.807) is 4.90 Å². The summed E-state index contributed by atoms with van der Waals surface area (Å²) in [6.45, 7) is 7.45. The van der Waals surface area contributed by atoms with Crippen molar-refractivity contribution in [3.63, 3.8) is 0 Å². The van der Waals surface area contributed by atoms with Gasteiger partial charge in [-0.05, 0) is 27.7 Å². The van der Waals surface area contributed by atoms with E-state index in [0.717, 1.165) is 0 Å². The molecule has 3 nitrogen and oxygen atoms in total. The van der Waals surface area contributed by atoms with Crippen molar-refractivity contribution < 1.29 is 9.00 Å². The summed E-state index contributed by atoms with van der Waals surface area (Å²) >= 11 is 16.5. The number of nitrogens with zero attached hydrogens (tertiary/aromatic N) is 1. The Kier molecular flexibility index (Phi) is 7.72. The van der Waals surface area contributed by atoms with Crippen LogP contribution in [0.4, 0.5) is 4.79 Å². The van der Waals surface area contributed by atoms with Crippen molar-refractivity contribution in [3.05, 3.63) is 9.52 Å². The Labute approximate surface area is 120 Å². The van der Waals surface area contributed by atoms with E-state index in [1.807, 2.05) is 27.7 Å². The summed E-state index contributed by atoms with van der Waals surface area (Å²) < 4.78 is 11.6. The topological polar surface area (TPSA) is 37.4 Å². The Balaban J connectivity index is 4.81. The fraction of sp³-hybridized carbons (Fsp3) is 0.700. The average molecular weight is 321 g/mol. The lowest BCUT2D eigenvalue weighted by molar-refractivity contribution is 0.188. The van der Waals surface area contributed by atoms with E-state index >= 15 is 0 Å². The highest BCUT2D eigenvalue weighted by Crippen LogP contribution is 2.20. The predicted molar refractivity (Wildman–Crippen MR) is 75.1 cm³/mol. The van der Waals surface area contributed by atoms with Crippen molar-refractivity contribution in [2.75, 3.05) is 5.75 Å². The van der Waals surface area contributed by atoms with Crippen LogP contribution in [-0.2, 0) is 10.8 Å². The number of rotatable bonds is 4. The highest BCUT2D eigenvalue weighted by atomic mass is 35.5. The second-order valence-electron chi connectivity index (χ2n) is 4.02. The lowest BCUT2D eigenvalue weighted by atomic mass is 10.2. The zero-order valence-corrected chi connectivity index (χ0v) is 13.3. The molecular weight excluding hydrogens is 305 g/mol. The van der Waals surface area contributed by atoms with E-state index in [4.69, 9.17) is 34.8 Å². The molecule has 100 valence electrons. The van der Waals surface area contributed by atoms with Gasteiger partial charge in [0.25, 0.3) is 0 Å². The molecule has 0 radical (unpaired) electrons. The molecule has 0 rings (SSSR count). The first-order chi connectivity index (χ1) is 7.68. The van der Waals surface area contributed by atoms with Gasteiger partial charge in [-0.15, -0.1) is 0 Å². The molecule has 0 aromatic carbocycles. The van der Waals surface area contributed by atoms with Gasteiger partial charge < -0.3 is 4.90 Å². The van der Waals surface area contributed by atoms with Crippen molar-refractivity contribution in [1.29, 1.82) is 0 Å². The molecule has 0 saturated carbocycles. The van der Waals surface area contributed by atoms with Gasteiger partial charge in [-0.2, -0.15) is 0 Å². The van der Waals surface area contributed by atoms with Crippen LogP contribution in [0.15, 0.2) is 9.52 Å². The van der Waals surface area contributed by atoms with Crippen LogP contribution in [0, 0.1) is 0 Å². The van der Waals surface area contributed by atoms with Gasteiger partial charge in [0.2, 0.25) is 0 Å². The second-order valence-corrected chi connectivity index (χ2v) is 6.75. The van der Waals surface area contributed by atoms with Crippen LogP contribution < -0.4 is 0 Å². The minimum Gasteiger partial charge on any atom is -0.327 e. The van der Waals surface area contributed by atoms with E-state index in [1.165, 1.54) is 0 Å². The molecule has 0 aromatic heterocycles. The van der Waals surface area contributed by atoms with E-state index < -0.39 is 16.0 Å². The molecule has 17 heavy (non-hydrogen) atoms. The third-order valence-electron chi connectivity index (χ3n) is 1.98. The van der Waals surface area contributed by atoms with Gasteiger partial charge >= 0.3 is 5.24 Å². The largest absolute Gasteiger partial charge is 0.327 e. The van der Waals surface area contributed by atoms with Crippen LogP contribution in [0.25, 0.3) is 0 Å². The molecular formula is C10H16Cl3NO2S. The predicted octanol–water partition coefficient (Wildman–Crippen LogP) is 3.86. The fourth-order valence-electron chi connectivity index (χ4n) is 1.37. The quantitative estimate of drug-likeness (QED) is 0.789. The molecule has 0 aliphatic heterocycles. The lowest BCUT2D eigenvalue weighted by Crippen LogP contribution is -2.43. The second kappa shape index (κ2) is 7.62. The van der Waals surface area contributed by atoms with Crippen molar-refractivity contribution in [2.24, 2.45) is 0 Å². The number of carbonyl (C=O) groups is 1. The third-order valence-corrected chi connectivity index (χ3v) is 4.26. The number of hydrogen-bond acceptors (Lipinski definition) is 2. The fourth-order valence-corrected chi connectivity index (χ4v) is 3.11. The number of halogens is 3. The summed E-state index contributed by atoms with van der Waals surface area (Å²) in [6.07, 6.45) is 0. The van der Waals surface area contributed by atoms with Gasteiger partial charge in [0.1, 0.15) is 15.3 Å². The number of amides is 1. The molecule has 0 aliphatic rings. The maximum Gasteiger partial charge on any atom is 0.312 e. The van der Waals surface area contributed by atoms with Gasteiger partial charge in [0, 0.05) is 12.1 Å². The zero-order valence-electron chi connectivity index (χ0n) is 10.2. The molecule has 1 atom stereocenters. The van der Waals surface area contributed by atoms with E-state index in [9.17, 15) is 9.00 Å². The van der Waals surface area contributed by atoms with Gasteiger partial charge in [0.05, 0.1) is 10.8 Å². The van der Waals surface area contributed by atoms with Crippen LogP contribution in [-0.4, -0.2) is 32.2 Å². The molecule has 1 amide bonds. The van der Waals surface area contributed by atoms with Crippen LogP contribution >= 0.6 is 34.8 Å². The normalized spacial score (nSPS) is 12.8. The standard InChI is InChI=1S/C10H16Cl3NO2S/c1-6(2)14(7(3)4)10(15)17(16)5-8(11)9(12)13/h6-7H,5H2,1-4H3. The van der Waals surface area contributed by atoms with Crippen molar-refractivity contribution in [2.45, 2.75) is 39.8 Å². The van der Waals surface area contributed by atoms with Gasteiger partial charge in [-0.25, -0.2) is 4.21 Å². The summed E-state index contributed by atoms with van der Waals surface area (Å²) in [5, 5.41) is -0.421. The zero-order chi connectivity index (χ0) is 13.7. The minimum atomic E-state index is -1.76. The Hall–Kier alpha value is 0.230. The first-order valence-corrected chi connectivity index (χ1v) is 7.54. The molecule has 0 spiro atoms. The lowest BCUT2D eigenvalue weighted by Gasteiger charge is -2.30. The Bertz CT molecular complexity index is 330. The molecule has 1 unspecified atom stereocenters. The molecule has 0 aliphatic carbocycles. The highest BCUT2D eigenvalue weighted by Gasteiger charge is 2.25. The summed E-state index contributed by atoms with van der Waals surface area (Å²) in [4.78, 5) is 13.5. The summed E-state index contributed by atoms with van der Waals surface area (Å²) in [6, 6.07) is -0.0543. The third kappa shape index (κ3) is 5.60. The Morgan fingerprint density at radius 3 is 1.82 bits per heavy atom. The molecule has 0 N–H and O–H groups in total. The maximum atomic E-state index is 11.9. The van der Waals surface area contributed by atoms with E-state index in [0.29, 0.717) is 0 Å². The minimum absolute atomic E-state index is 0.0271. The molecule has 0 bridgehead atoms. The van der Waals surface area contributed by atoms with Gasteiger partial charge in [-0.1, -0.05) is 34.8 Å². The van der Waals surface area contributed by atoms with Crippen LogP contribution in [0.2, 0.25) is 0 Å². The smallest absolute Gasteiger partial charge is 0.312 e. The van der Waals surface area contributed by atoms with E-state index in [2.05, 4.69) is 0 Å². The Morgan fingerprint density at radius 1 is 1.12 bits per heavy atom. The molecule has 0 fully saturated rings. The van der Waals surface area contributed by atoms with Crippen LogP contribution in [0.1, 0.15) is 27.7 Å². The molecule has 7 heteroatoms. The Morgan fingerprint density at radius 2 is 1.53 bits per heavy atom. The number of hydrogen-bond donors (Lipinski definition) is 0. The first kappa shape index (κ1) is 17.2. The summed E-state index contributed by atoms with van der Waals surface area (Å²) in [7, 11) is -1.76. The molecule has 0 saturated heterocycles. The summed E-state index contributed by atoms with van der Waals surface area (Å²) in [5.41, 5.74) is 0. The van der Waals surface area contributed by atoms with Crippen LogP contribution in [0.5, 0.6) is 0 Å². The van der Waals surface area contributed by atoms with Crippen molar-refractivity contribution >= 4 is 50.8 Å². The SMILES string of the molecule is CC(C)N(C(=O)S(=O)CC(Cl)=C(Cl)Cl)C(C)C. The highest BCUT2D eigenvalue weighted by molar-refractivity contribution is 8.00. The molecule has 0 heterocycles. The van der Waals surface area contributed by atoms with Gasteiger partial charge in [0.15, 0.2) is 0 Å². The van der Waals surface area contributed by atoms with Gasteiger partial charge in [-0.3, -0.25) is 4.79 Å². The maximum absolute atomic E-state index is 11.9. The number of carbonyl (C=O) groups excluding carboxylic acids is 1. The average Bonchev–Trinajstić information content (AvgIpc) is 2.15.